The molecule has 5 heteroatoms. The standard InChI is InChI=1S/C14H15Cl2N3/c15-11-4-1-9(7-12(11)16)13-8-18-14(19-13)5-6-17-10-2-3-10/h1,4,7-8,10,17H,2-3,5-6H2,(H,18,19). The van der Waals surface area contributed by atoms with Crippen LogP contribution in [0.15, 0.2) is 24.4 Å². The molecule has 3 nitrogen and oxygen atoms in total. The van der Waals surface area contributed by atoms with E-state index in [9.17, 15) is 0 Å². The van der Waals surface area contributed by atoms with Gasteiger partial charge in [0, 0.05) is 24.6 Å². The number of benzene rings is 1. The van der Waals surface area contributed by atoms with E-state index >= 15 is 0 Å². The third-order valence-corrected chi connectivity index (χ3v) is 3.97. The van der Waals surface area contributed by atoms with Gasteiger partial charge in [-0.15, -0.1) is 0 Å². The van der Waals surface area contributed by atoms with Gasteiger partial charge in [-0.3, -0.25) is 0 Å². The van der Waals surface area contributed by atoms with Gasteiger partial charge >= 0.3 is 0 Å². The number of hydrogen-bond donors (Lipinski definition) is 2. The zero-order valence-electron chi connectivity index (χ0n) is 10.4. The topological polar surface area (TPSA) is 40.7 Å². The van der Waals surface area contributed by atoms with Gasteiger partial charge in [0.2, 0.25) is 0 Å². The number of imidazole rings is 1. The minimum absolute atomic E-state index is 0.561. The van der Waals surface area contributed by atoms with E-state index in [1.807, 2.05) is 18.3 Å². The molecular weight excluding hydrogens is 281 g/mol. The predicted octanol–water partition coefficient (Wildman–Crippen LogP) is 3.68. The molecule has 0 saturated heterocycles. The summed E-state index contributed by atoms with van der Waals surface area (Å²) < 4.78 is 0. The van der Waals surface area contributed by atoms with Crippen LogP contribution in [0, 0.1) is 0 Å². The molecule has 0 aliphatic heterocycles. The van der Waals surface area contributed by atoms with Crippen molar-refractivity contribution >= 4 is 23.2 Å². The Hall–Kier alpha value is -1.03. The zero-order chi connectivity index (χ0) is 13.2. The lowest BCUT2D eigenvalue weighted by atomic mass is 10.2. The van der Waals surface area contributed by atoms with Crippen molar-refractivity contribution in [1.82, 2.24) is 15.3 Å². The Morgan fingerprint density at radius 2 is 2.11 bits per heavy atom. The second-order valence-electron chi connectivity index (χ2n) is 4.85. The Balaban J connectivity index is 1.67. The van der Waals surface area contributed by atoms with E-state index in [0.29, 0.717) is 10.0 Å². The molecule has 1 heterocycles. The van der Waals surface area contributed by atoms with Crippen LogP contribution >= 0.6 is 23.2 Å². The molecule has 0 atom stereocenters. The van der Waals surface area contributed by atoms with Crippen molar-refractivity contribution in [3.05, 3.63) is 40.3 Å². The maximum Gasteiger partial charge on any atom is 0.107 e. The molecule has 1 fully saturated rings. The van der Waals surface area contributed by atoms with Crippen LogP contribution in [0.3, 0.4) is 0 Å². The van der Waals surface area contributed by atoms with Gasteiger partial charge in [-0.05, 0) is 25.0 Å². The van der Waals surface area contributed by atoms with Gasteiger partial charge in [-0.2, -0.15) is 0 Å². The minimum atomic E-state index is 0.561. The molecule has 0 bridgehead atoms. The number of aromatic nitrogens is 2. The number of H-pyrrole nitrogens is 1. The summed E-state index contributed by atoms with van der Waals surface area (Å²) >= 11 is 11.9. The summed E-state index contributed by atoms with van der Waals surface area (Å²) in [5.74, 6) is 0.995. The van der Waals surface area contributed by atoms with Crippen LogP contribution in [-0.4, -0.2) is 22.6 Å². The van der Waals surface area contributed by atoms with E-state index in [-0.39, 0.29) is 0 Å². The number of halogens is 2. The van der Waals surface area contributed by atoms with Crippen LogP contribution in [0.1, 0.15) is 18.7 Å². The van der Waals surface area contributed by atoms with Gasteiger partial charge in [0.1, 0.15) is 5.82 Å². The average molecular weight is 296 g/mol. The fourth-order valence-corrected chi connectivity index (χ4v) is 2.28. The Morgan fingerprint density at radius 3 is 2.84 bits per heavy atom. The summed E-state index contributed by atoms with van der Waals surface area (Å²) in [4.78, 5) is 7.71. The van der Waals surface area contributed by atoms with E-state index < -0.39 is 0 Å². The van der Waals surface area contributed by atoms with Gasteiger partial charge in [0.15, 0.2) is 0 Å². The van der Waals surface area contributed by atoms with Crippen LogP contribution in [0.25, 0.3) is 11.3 Å². The van der Waals surface area contributed by atoms with Crippen molar-refractivity contribution < 1.29 is 0 Å². The van der Waals surface area contributed by atoms with Gasteiger partial charge < -0.3 is 10.3 Å². The summed E-state index contributed by atoms with van der Waals surface area (Å²) in [6, 6.07) is 6.33. The highest BCUT2D eigenvalue weighted by atomic mass is 35.5. The lowest BCUT2D eigenvalue weighted by Crippen LogP contribution is -2.19. The maximum atomic E-state index is 6.02. The van der Waals surface area contributed by atoms with Crippen molar-refractivity contribution in [2.75, 3.05) is 6.54 Å². The first-order valence-electron chi connectivity index (χ1n) is 6.45. The molecule has 0 radical (unpaired) electrons. The highest BCUT2D eigenvalue weighted by Gasteiger charge is 2.19. The third-order valence-electron chi connectivity index (χ3n) is 3.23. The van der Waals surface area contributed by atoms with Gasteiger partial charge in [-0.1, -0.05) is 29.3 Å². The predicted molar refractivity (Wildman–Crippen MR) is 78.8 cm³/mol. The van der Waals surface area contributed by atoms with Crippen molar-refractivity contribution in [2.24, 2.45) is 0 Å². The number of hydrogen-bond acceptors (Lipinski definition) is 2. The van der Waals surface area contributed by atoms with Crippen molar-refractivity contribution in [2.45, 2.75) is 25.3 Å². The van der Waals surface area contributed by atoms with Crippen LogP contribution in [0.5, 0.6) is 0 Å². The molecule has 1 saturated carbocycles. The third kappa shape index (κ3) is 3.30. The molecule has 3 rings (SSSR count). The molecule has 1 aromatic carbocycles. The molecular formula is C14H15Cl2N3. The first-order valence-corrected chi connectivity index (χ1v) is 7.20. The molecule has 0 unspecified atom stereocenters. The van der Waals surface area contributed by atoms with Crippen molar-refractivity contribution in [1.29, 1.82) is 0 Å². The number of rotatable bonds is 5. The SMILES string of the molecule is Clc1ccc(-c2cnc(CCNC3CC3)[nH]2)cc1Cl. The van der Waals surface area contributed by atoms with Crippen LogP contribution < -0.4 is 5.32 Å². The monoisotopic (exact) mass is 295 g/mol. The first-order chi connectivity index (χ1) is 9.22. The summed E-state index contributed by atoms with van der Waals surface area (Å²) in [5, 5.41) is 4.60. The second-order valence-corrected chi connectivity index (χ2v) is 5.67. The number of nitrogens with one attached hydrogen (secondary N) is 2. The average Bonchev–Trinajstić information content (AvgIpc) is 3.10. The summed E-state index contributed by atoms with van der Waals surface area (Å²) in [7, 11) is 0. The van der Waals surface area contributed by atoms with E-state index in [0.717, 1.165) is 36.1 Å². The second kappa shape index (κ2) is 5.53. The van der Waals surface area contributed by atoms with E-state index in [2.05, 4.69) is 15.3 Å². The van der Waals surface area contributed by atoms with Gasteiger partial charge in [0.25, 0.3) is 0 Å². The van der Waals surface area contributed by atoms with Gasteiger partial charge in [-0.25, -0.2) is 4.98 Å². The van der Waals surface area contributed by atoms with Gasteiger partial charge in [0.05, 0.1) is 21.9 Å². The van der Waals surface area contributed by atoms with Crippen LogP contribution in [-0.2, 0) is 6.42 Å². The maximum absolute atomic E-state index is 6.02. The summed E-state index contributed by atoms with van der Waals surface area (Å²) in [6.45, 7) is 0.971. The highest BCUT2D eigenvalue weighted by Crippen LogP contribution is 2.27. The van der Waals surface area contributed by atoms with Crippen molar-refractivity contribution in [3.8, 4) is 11.3 Å². The zero-order valence-corrected chi connectivity index (χ0v) is 11.9. The fraction of sp³-hybridized carbons (Fsp3) is 0.357. The number of nitrogens with zero attached hydrogens (tertiary/aromatic N) is 1. The molecule has 1 aliphatic carbocycles. The molecule has 0 spiro atoms. The lowest BCUT2D eigenvalue weighted by molar-refractivity contribution is 0.669. The largest absolute Gasteiger partial charge is 0.342 e. The lowest BCUT2D eigenvalue weighted by Gasteiger charge is -2.01. The molecule has 0 amide bonds. The van der Waals surface area contributed by atoms with Crippen LogP contribution in [0.4, 0.5) is 0 Å². The highest BCUT2D eigenvalue weighted by molar-refractivity contribution is 6.42. The fourth-order valence-electron chi connectivity index (χ4n) is 1.98. The summed E-state index contributed by atoms with van der Waals surface area (Å²) in [5.41, 5.74) is 1.98. The molecule has 2 N–H and O–H groups in total. The molecule has 1 aliphatic rings. The van der Waals surface area contributed by atoms with Crippen molar-refractivity contribution in [3.63, 3.8) is 0 Å². The molecule has 1 aromatic heterocycles. The Labute approximate surface area is 122 Å². The minimum Gasteiger partial charge on any atom is -0.342 e. The molecule has 19 heavy (non-hydrogen) atoms. The Morgan fingerprint density at radius 1 is 1.26 bits per heavy atom. The number of aromatic amines is 1. The van der Waals surface area contributed by atoms with E-state index in [4.69, 9.17) is 23.2 Å². The molecule has 2 aromatic rings. The quantitative estimate of drug-likeness (QED) is 0.883. The van der Waals surface area contributed by atoms with Crippen LogP contribution in [0.2, 0.25) is 10.0 Å². The summed E-state index contributed by atoms with van der Waals surface area (Å²) in [6.07, 6.45) is 5.38. The van der Waals surface area contributed by atoms with E-state index in [1.165, 1.54) is 12.8 Å². The normalized spacial score (nSPS) is 14.8. The Kier molecular flexibility index (Phi) is 3.78. The smallest absolute Gasteiger partial charge is 0.107 e. The van der Waals surface area contributed by atoms with E-state index in [1.54, 1.807) is 6.07 Å². The Bertz CT molecular complexity index is 576. The molecule has 100 valence electrons. The first kappa shape index (κ1) is 13.0.